The number of allylic oxidation sites excluding steroid dienone is 1. The molecule has 0 aromatic heterocycles. The predicted octanol–water partition coefficient (Wildman–Crippen LogP) is 2.30. The van der Waals surface area contributed by atoms with Crippen LogP contribution in [0.4, 0.5) is 0 Å². The average Bonchev–Trinajstić information content (AvgIpc) is 2.02. The van der Waals surface area contributed by atoms with E-state index in [2.05, 4.69) is 6.92 Å². The quantitative estimate of drug-likeness (QED) is 0.731. The molecule has 88 valence electrons. The molecule has 0 unspecified atom stereocenters. The first-order valence-electron chi connectivity index (χ1n) is 5.00. The van der Waals surface area contributed by atoms with Crippen molar-refractivity contribution in [3.8, 4) is 0 Å². The number of hydrogen-bond acceptors (Lipinski definition) is 3. The molecule has 2 radical (unpaired) electrons. The molecule has 0 aromatic carbocycles. The van der Waals surface area contributed by atoms with Gasteiger partial charge in [0.05, 0.1) is 11.2 Å². The van der Waals surface area contributed by atoms with Gasteiger partial charge in [-0.25, -0.2) is 0 Å². The minimum atomic E-state index is -1.01. The van der Waals surface area contributed by atoms with Gasteiger partial charge in [0.1, 0.15) is 7.85 Å². The Bertz CT molecular complexity index is 178. The van der Waals surface area contributed by atoms with Crippen LogP contribution < -0.4 is 0 Å². The van der Waals surface area contributed by atoms with Crippen molar-refractivity contribution in [1.29, 1.82) is 0 Å². The zero-order valence-corrected chi connectivity index (χ0v) is 11.5. The van der Waals surface area contributed by atoms with Crippen LogP contribution >= 0.6 is 11.8 Å². The first-order chi connectivity index (χ1) is 6.56. The van der Waals surface area contributed by atoms with Crippen LogP contribution in [0.1, 0.15) is 41.0 Å². The summed E-state index contributed by atoms with van der Waals surface area (Å²) in [5, 5.41) is 18.2. The Morgan fingerprint density at radius 1 is 1.20 bits per heavy atom. The summed E-state index contributed by atoms with van der Waals surface area (Å²) in [6.07, 6.45) is 5.01. The Kier molecular flexibility index (Phi) is 8.58. The average molecular weight is 230 g/mol. The van der Waals surface area contributed by atoms with Gasteiger partial charge in [-0.05, 0) is 40.4 Å². The highest BCUT2D eigenvalue weighted by Crippen LogP contribution is 2.19. The van der Waals surface area contributed by atoms with E-state index in [-0.39, 0.29) is 0 Å². The van der Waals surface area contributed by atoms with Crippen molar-refractivity contribution in [2.24, 2.45) is 0 Å². The van der Waals surface area contributed by atoms with E-state index in [9.17, 15) is 0 Å². The third-order valence-corrected chi connectivity index (χ3v) is 2.78. The lowest BCUT2D eigenvalue weighted by Gasteiger charge is -2.31. The summed E-state index contributed by atoms with van der Waals surface area (Å²) in [5.41, 5.74) is -2.01. The third kappa shape index (κ3) is 10.4. The molecular formula is C11H23BO2S. The van der Waals surface area contributed by atoms with Crippen LogP contribution in [0.5, 0.6) is 0 Å². The van der Waals surface area contributed by atoms with Gasteiger partial charge in [0, 0.05) is 0 Å². The molecule has 2 nitrogen and oxygen atoms in total. The molecule has 0 rings (SSSR count). The summed E-state index contributed by atoms with van der Waals surface area (Å²) in [6, 6.07) is 0. The molecule has 0 amide bonds. The van der Waals surface area contributed by atoms with Crippen molar-refractivity contribution < 1.29 is 10.2 Å². The second-order valence-corrected chi connectivity index (χ2v) is 5.22. The van der Waals surface area contributed by atoms with Crippen molar-refractivity contribution in [2.75, 3.05) is 6.26 Å². The van der Waals surface area contributed by atoms with Gasteiger partial charge in [0.15, 0.2) is 0 Å². The molecule has 0 atom stereocenters. The Morgan fingerprint density at radius 2 is 1.53 bits per heavy atom. The van der Waals surface area contributed by atoms with Crippen molar-refractivity contribution in [2.45, 2.75) is 52.2 Å². The molecule has 0 aliphatic rings. The lowest BCUT2D eigenvalue weighted by Crippen LogP contribution is -2.44. The van der Waals surface area contributed by atoms with Crippen molar-refractivity contribution in [3.05, 3.63) is 10.9 Å². The van der Waals surface area contributed by atoms with E-state index in [0.717, 1.165) is 11.2 Å². The molecule has 4 heteroatoms. The highest BCUT2D eigenvalue weighted by molar-refractivity contribution is 8.03. The molecule has 15 heavy (non-hydrogen) atoms. The zero-order chi connectivity index (χ0) is 12.7. The molecule has 0 aliphatic heterocycles. The van der Waals surface area contributed by atoms with Gasteiger partial charge in [-0.15, -0.1) is 11.8 Å². The Balaban J connectivity index is 0. The fourth-order valence-electron chi connectivity index (χ4n) is 0.285. The van der Waals surface area contributed by atoms with Gasteiger partial charge < -0.3 is 10.2 Å². The maximum atomic E-state index is 9.10. The zero-order valence-electron chi connectivity index (χ0n) is 10.7. The number of hydrogen-bond donors (Lipinski definition) is 2. The first-order valence-corrected chi connectivity index (χ1v) is 6.23. The highest BCUT2D eigenvalue weighted by Gasteiger charge is 2.31. The molecule has 0 heterocycles. The molecule has 0 bridgehead atoms. The van der Waals surface area contributed by atoms with Crippen molar-refractivity contribution in [1.82, 2.24) is 0 Å². The van der Waals surface area contributed by atoms with Gasteiger partial charge in [-0.2, -0.15) is 0 Å². The Morgan fingerprint density at radius 3 is 1.60 bits per heavy atom. The van der Waals surface area contributed by atoms with Crippen LogP contribution in [0.2, 0.25) is 0 Å². The van der Waals surface area contributed by atoms with Gasteiger partial charge in [0.25, 0.3) is 0 Å². The maximum Gasteiger partial charge on any atom is 0.122 e. The smallest absolute Gasteiger partial charge is 0.122 e. The minimum Gasteiger partial charge on any atom is -0.387 e. The SMILES string of the molecule is CC(C)(O)C(C)(C)O.[B]/C(=C/CC)SC. The molecule has 0 aliphatic carbocycles. The summed E-state index contributed by atoms with van der Waals surface area (Å²) in [7, 11) is 5.41. The third-order valence-electron chi connectivity index (χ3n) is 2.14. The molecule has 0 saturated heterocycles. The van der Waals surface area contributed by atoms with Crippen molar-refractivity contribution >= 4 is 19.6 Å². The molecule has 0 saturated carbocycles. The minimum absolute atomic E-state index is 0.919. The van der Waals surface area contributed by atoms with Crippen LogP contribution in [-0.4, -0.2) is 35.5 Å². The van der Waals surface area contributed by atoms with E-state index in [1.807, 2.05) is 12.3 Å². The summed E-state index contributed by atoms with van der Waals surface area (Å²) in [6.45, 7) is 8.38. The standard InChI is InChI=1S/C6H14O2.C5H9BS/c1-5(2,7)6(3,4)8;1-3-4-5(6)7-2/h7-8H,1-4H3;4H,3H2,1-2H3/b;5-4-. The van der Waals surface area contributed by atoms with E-state index in [0.29, 0.717) is 0 Å². The molecule has 0 fully saturated rings. The summed E-state index contributed by atoms with van der Waals surface area (Å²) >= 11 is 1.59. The summed E-state index contributed by atoms with van der Waals surface area (Å²) < 4.78 is 0. The first kappa shape index (κ1) is 17.5. The maximum absolute atomic E-state index is 9.10. The second kappa shape index (κ2) is 7.36. The Hall–Kier alpha value is 0.0749. The van der Waals surface area contributed by atoms with Crippen LogP contribution in [0.15, 0.2) is 10.9 Å². The lowest BCUT2D eigenvalue weighted by molar-refractivity contribution is -0.107. The van der Waals surface area contributed by atoms with Gasteiger partial charge in [-0.1, -0.05) is 17.8 Å². The van der Waals surface area contributed by atoms with E-state index in [1.165, 1.54) is 0 Å². The van der Waals surface area contributed by atoms with E-state index in [4.69, 9.17) is 18.1 Å². The van der Waals surface area contributed by atoms with Gasteiger partial charge in [0.2, 0.25) is 0 Å². The van der Waals surface area contributed by atoms with Crippen LogP contribution in [0.25, 0.3) is 0 Å². The summed E-state index contributed by atoms with van der Waals surface area (Å²) in [5.74, 6) is 0. The molecular weight excluding hydrogens is 207 g/mol. The molecule has 0 aromatic rings. The fourth-order valence-corrected chi connectivity index (χ4v) is 0.618. The summed E-state index contributed by atoms with van der Waals surface area (Å²) in [4.78, 5) is 0.919. The Labute approximate surface area is 99.6 Å². The predicted molar refractivity (Wildman–Crippen MR) is 70.2 cm³/mol. The topological polar surface area (TPSA) is 40.5 Å². The molecule has 0 spiro atoms. The highest BCUT2D eigenvalue weighted by atomic mass is 32.2. The number of aliphatic hydroxyl groups is 2. The fraction of sp³-hybridized carbons (Fsp3) is 0.818. The van der Waals surface area contributed by atoms with Crippen LogP contribution in [0.3, 0.4) is 0 Å². The normalized spacial score (nSPS) is 13.2. The van der Waals surface area contributed by atoms with Gasteiger partial charge >= 0.3 is 0 Å². The lowest BCUT2D eigenvalue weighted by atomic mass is 9.90. The number of rotatable bonds is 3. The van der Waals surface area contributed by atoms with E-state index < -0.39 is 11.2 Å². The van der Waals surface area contributed by atoms with Crippen LogP contribution in [-0.2, 0) is 0 Å². The van der Waals surface area contributed by atoms with E-state index in [1.54, 1.807) is 39.5 Å². The monoisotopic (exact) mass is 230 g/mol. The largest absolute Gasteiger partial charge is 0.387 e. The van der Waals surface area contributed by atoms with Gasteiger partial charge in [-0.3, -0.25) is 0 Å². The number of thioether (sulfide) groups is 1. The second-order valence-electron chi connectivity index (χ2n) is 4.34. The van der Waals surface area contributed by atoms with Crippen LogP contribution in [0, 0.1) is 0 Å². The van der Waals surface area contributed by atoms with Crippen molar-refractivity contribution in [3.63, 3.8) is 0 Å². The molecule has 2 N–H and O–H groups in total. The van der Waals surface area contributed by atoms with E-state index >= 15 is 0 Å².